The Hall–Kier alpha value is -3.57. The number of benzene rings is 3. The average Bonchev–Trinajstić information content (AvgIpc) is 2.90. The summed E-state index contributed by atoms with van der Waals surface area (Å²) in [5, 5.41) is 8.85. The number of nitrogens with zero attached hydrogens (tertiary/aromatic N) is 1. The predicted molar refractivity (Wildman–Crippen MR) is 147 cm³/mol. The summed E-state index contributed by atoms with van der Waals surface area (Å²) in [5.41, 5.74) is 5.17. The molecule has 0 bridgehead atoms. The maximum absolute atomic E-state index is 10.5. The van der Waals surface area contributed by atoms with Crippen LogP contribution in [0.3, 0.4) is 0 Å². The van der Waals surface area contributed by atoms with Crippen molar-refractivity contribution in [3.05, 3.63) is 102 Å². The number of carbonyl (C=O) groups excluding carboxylic acids is 1. The van der Waals surface area contributed by atoms with E-state index in [1.807, 2.05) is 30.3 Å². The average molecular weight is 490 g/mol. The van der Waals surface area contributed by atoms with Crippen LogP contribution in [0.2, 0.25) is 0 Å². The SMILES string of the molecule is C=CCN1COc2ccc(CC)cc2C1.CCc1ccc(O)cc1.CCc1ccc(OC(C)=O)cc1. The molecular weight excluding hydrogens is 450 g/mol. The van der Waals surface area contributed by atoms with E-state index in [-0.39, 0.29) is 5.97 Å². The lowest BCUT2D eigenvalue weighted by Gasteiger charge is -2.28. The molecule has 0 aromatic heterocycles. The van der Waals surface area contributed by atoms with Crippen molar-refractivity contribution in [1.82, 2.24) is 4.90 Å². The van der Waals surface area contributed by atoms with Crippen molar-refractivity contribution in [2.75, 3.05) is 13.3 Å². The molecule has 0 radical (unpaired) electrons. The summed E-state index contributed by atoms with van der Waals surface area (Å²) in [4.78, 5) is 12.8. The smallest absolute Gasteiger partial charge is 0.308 e. The Balaban J connectivity index is 0.000000197. The van der Waals surface area contributed by atoms with Gasteiger partial charge in [0, 0.05) is 25.6 Å². The zero-order valence-electron chi connectivity index (χ0n) is 22.0. The maximum atomic E-state index is 10.5. The largest absolute Gasteiger partial charge is 0.508 e. The summed E-state index contributed by atoms with van der Waals surface area (Å²) in [6.45, 7) is 14.0. The van der Waals surface area contributed by atoms with Crippen LogP contribution >= 0.6 is 0 Å². The molecule has 0 saturated carbocycles. The van der Waals surface area contributed by atoms with Gasteiger partial charge in [-0.25, -0.2) is 0 Å². The first-order valence-corrected chi connectivity index (χ1v) is 12.5. The highest BCUT2D eigenvalue weighted by molar-refractivity contribution is 5.69. The quantitative estimate of drug-likeness (QED) is 0.237. The first kappa shape index (κ1) is 28.7. The lowest BCUT2D eigenvalue weighted by atomic mass is 10.1. The predicted octanol–water partition coefficient (Wildman–Crippen LogP) is 6.72. The van der Waals surface area contributed by atoms with Crippen LogP contribution in [0.1, 0.15) is 49.9 Å². The van der Waals surface area contributed by atoms with Gasteiger partial charge in [0.25, 0.3) is 0 Å². The van der Waals surface area contributed by atoms with E-state index in [0.29, 0.717) is 18.2 Å². The normalized spacial score (nSPS) is 12.0. The third kappa shape index (κ3) is 9.96. The van der Waals surface area contributed by atoms with Crippen molar-refractivity contribution in [3.8, 4) is 17.2 Å². The van der Waals surface area contributed by atoms with Crippen molar-refractivity contribution in [2.45, 2.75) is 53.5 Å². The lowest BCUT2D eigenvalue weighted by molar-refractivity contribution is -0.131. The molecule has 3 aromatic carbocycles. The van der Waals surface area contributed by atoms with Gasteiger partial charge in [0.1, 0.15) is 24.0 Å². The molecule has 1 N–H and O–H groups in total. The Morgan fingerprint density at radius 3 is 2.03 bits per heavy atom. The van der Waals surface area contributed by atoms with Crippen LogP contribution in [0, 0.1) is 0 Å². The molecule has 0 amide bonds. The number of carbonyl (C=O) groups is 1. The van der Waals surface area contributed by atoms with Gasteiger partial charge in [-0.3, -0.25) is 9.69 Å². The second-order valence-electron chi connectivity index (χ2n) is 8.48. The molecule has 1 heterocycles. The topological polar surface area (TPSA) is 59.0 Å². The summed E-state index contributed by atoms with van der Waals surface area (Å²) in [5.74, 6) is 1.71. The van der Waals surface area contributed by atoms with Gasteiger partial charge >= 0.3 is 5.97 Å². The van der Waals surface area contributed by atoms with Gasteiger partial charge in [-0.05, 0) is 66.3 Å². The zero-order chi connectivity index (χ0) is 26.3. The molecule has 4 rings (SSSR count). The van der Waals surface area contributed by atoms with Gasteiger partial charge in [0.05, 0.1) is 0 Å². The molecule has 0 atom stereocenters. The molecule has 0 unspecified atom stereocenters. The van der Waals surface area contributed by atoms with E-state index in [2.05, 4.69) is 50.4 Å². The molecule has 5 nitrogen and oxygen atoms in total. The van der Waals surface area contributed by atoms with E-state index in [4.69, 9.17) is 14.6 Å². The number of phenolic OH excluding ortho intramolecular Hbond substituents is 1. The second-order valence-corrected chi connectivity index (χ2v) is 8.48. The fraction of sp³-hybridized carbons (Fsp3) is 0.323. The first-order valence-electron chi connectivity index (χ1n) is 12.5. The molecule has 1 aliphatic heterocycles. The monoisotopic (exact) mass is 489 g/mol. The third-order valence-electron chi connectivity index (χ3n) is 5.65. The number of ether oxygens (including phenoxy) is 2. The van der Waals surface area contributed by atoms with Crippen LogP contribution in [0.15, 0.2) is 79.4 Å². The van der Waals surface area contributed by atoms with E-state index < -0.39 is 0 Å². The number of aromatic hydroxyl groups is 1. The van der Waals surface area contributed by atoms with Crippen molar-refractivity contribution in [1.29, 1.82) is 0 Å². The Kier molecular flexibility index (Phi) is 12.3. The Morgan fingerprint density at radius 2 is 1.50 bits per heavy atom. The Labute approximate surface area is 216 Å². The van der Waals surface area contributed by atoms with Crippen LogP contribution in [-0.4, -0.2) is 29.3 Å². The summed E-state index contributed by atoms with van der Waals surface area (Å²) in [7, 11) is 0. The highest BCUT2D eigenvalue weighted by Crippen LogP contribution is 2.26. The molecule has 5 heteroatoms. The van der Waals surface area contributed by atoms with E-state index in [1.165, 1.54) is 29.2 Å². The highest BCUT2D eigenvalue weighted by atomic mass is 16.5. The zero-order valence-corrected chi connectivity index (χ0v) is 22.0. The highest BCUT2D eigenvalue weighted by Gasteiger charge is 2.15. The number of hydrogen-bond acceptors (Lipinski definition) is 5. The fourth-order valence-electron chi connectivity index (χ4n) is 3.56. The minimum absolute atomic E-state index is 0.278. The Morgan fingerprint density at radius 1 is 0.944 bits per heavy atom. The maximum Gasteiger partial charge on any atom is 0.308 e. The standard InChI is InChI=1S/C13H17NO.C10H12O2.C8H10O/c1-3-7-14-9-12-8-11(4-2)5-6-13(12)15-10-14;1-3-9-4-6-10(7-5-9)12-8(2)11;1-2-7-3-5-8(9)6-4-7/h3,5-6,8H,1,4,7,9-10H2,2H3;4-7H,3H2,1-2H3;3-6,9H,2H2,1H3. The third-order valence-corrected chi connectivity index (χ3v) is 5.65. The number of hydrogen-bond donors (Lipinski definition) is 1. The van der Waals surface area contributed by atoms with Gasteiger partial charge in [0.2, 0.25) is 0 Å². The van der Waals surface area contributed by atoms with Crippen LogP contribution in [-0.2, 0) is 30.6 Å². The van der Waals surface area contributed by atoms with E-state index in [9.17, 15) is 4.79 Å². The molecule has 0 aliphatic carbocycles. The molecule has 36 heavy (non-hydrogen) atoms. The lowest BCUT2D eigenvalue weighted by Crippen LogP contribution is -2.32. The van der Waals surface area contributed by atoms with Crippen LogP contribution < -0.4 is 9.47 Å². The second kappa shape index (κ2) is 15.4. The van der Waals surface area contributed by atoms with E-state index in [1.54, 1.807) is 24.3 Å². The summed E-state index contributed by atoms with van der Waals surface area (Å²) in [6.07, 6.45) is 5.02. The van der Waals surface area contributed by atoms with E-state index in [0.717, 1.165) is 38.1 Å². The van der Waals surface area contributed by atoms with Crippen LogP contribution in [0.4, 0.5) is 0 Å². The molecule has 3 aromatic rings. The van der Waals surface area contributed by atoms with Crippen molar-refractivity contribution in [2.24, 2.45) is 0 Å². The van der Waals surface area contributed by atoms with Gasteiger partial charge < -0.3 is 14.6 Å². The summed E-state index contributed by atoms with van der Waals surface area (Å²) < 4.78 is 10.5. The molecular formula is C31H39NO4. The number of phenols is 1. The number of rotatable bonds is 6. The van der Waals surface area contributed by atoms with Gasteiger partial charge in [-0.2, -0.15) is 0 Å². The summed E-state index contributed by atoms with van der Waals surface area (Å²) in [6, 6.07) is 21.3. The molecule has 192 valence electrons. The Bertz CT molecular complexity index is 1070. The molecule has 0 saturated heterocycles. The first-order chi connectivity index (χ1) is 17.4. The van der Waals surface area contributed by atoms with E-state index >= 15 is 0 Å². The number of esters is 1. The molecule has 1 aliphatic rings. The number of aryl methyl sites for hydroxylation is 3. The van der Waals surface area contributed by atoms with Crippen LogP contribution in [0.25, 0.3) is 0 Å². The van der Waals surface area contributed by atoms with Gasteiger partial charge in [-0.15, -0.1) is 6.58 Å². The molecule has 0 fully saturated rings. The van der Waals surface area contributed by atoms with Crippen molar-refractivity contribution < 1.29 is 19.4 Å². The summed E-state index contributed by atoms with van der Waals surface area (Å²) >= 11 is 0. The van der Waals surface area contributed by atoms with Crippen molar-refractivity contribution >= 4 is 5.97 Å². The fourth-order valence-corrected chi connectivity index (χ4v) is 3.56. The van der Waals surface area contributed by atoms with Gasteiger partial charge in [0.15, 0.2) is 0 Å². The van der Waals surface area contributed by atoms with Crippen molar-refractivity contribution in [3.63, 3.8) is 0 Å². The minimum Gasteiger partial charge on any atom is -0.508 e. The molecule has 0 spiro atoms. The van der Waals surface area contributed by atoms with Crippen LogP contribution in [0.5, 0.6) is 17.2 Å². The number of fused-ring (bicyclic) bond motifs is 1. The van der Waals surface area contributed by atoms with Gasteiger partial charge in [-0.1, -0.05) is 63.2 Å². The minimum atomic E-state index is -0.278.